The number of nitrogens with two attached hydrogens (primary N) is 1. The van der Waals surface area contributed by atoms with Gasteiger partial charge in [0.25, 0.3) is 0 Å². The highest BCUT2D eigenvalue weighted by atomic mass is 14.9. The second-order valence-electron chi connectivity index (χ2n) is 6.18. The van der Waals surface area contributed by atoms with Crippen molar-refractivity contribution in [1.29, 1.82) is 0 Å². The minimum Gasteiger partial charge on any atom is -0.324 e. The van der Waals surface area contributed by atoms with Crippen molar-refractivity contribution in [3.8, 4) is 0 Å². The van der Waals surface area contributed by atoms with Crippen LogP contribution in [0, 0.1) is 6.92 Å². The van der Waals surface area contributed by atoms with Gasteiger partial charge < -0.3 is 5.73 Å². The second-order valence-corrected chi connectivity index (χ2v) is 6.18. The fourth-order valence-electron chi connectivity index (χ4n) is 3.53. The first-order chi connectivity index (χ1) is 10.1. The van der Waals surface area contributed by atoms with Crippen LogP contribution in [0.15, 0.2) is 36.5 Å². The van der Waals surface area contributed by atoms with E-state index in [1.165, 1.54) is 18.4 Å². The molecule has 0 unspecified atom stereocenters. The summed E-state index contributed by atoms with van der Waals surface area (Å²) in [6.07, 6.45) is 6.67. The number of hydrogen-bond acceptors (Lipinski definition) is 3. The third-order valence-corrected chi connectivity index (χ3v) is 4.72. The Bertz CT molecular complexity index is 614. The SMILES string of the molecule is Cc1nc(C2(c3ccccc3)CCCC2)ncc1[C@@H](C)N. The number of nitrogens with zero attached hydrogens (tertiary/aromatic N) is 2. The molecular weight excluding hydrogens is 258 g/mol. The molecule has 2 aromatic rings. The molecule has 0 amide bonds. The molecule has 0 radical (unpaired) electrons. The third-order valence-electron chi connectivity index (χ3n) is 4.72. The summed E-state index contributed by atoms with van der Waals surface area (Å²) in [5.74, 6) is 0.966. The van der Waals surface area contributed by atoms with E-state index in [0.717, 1.165) is 29.9 Å². The first-order valence-electron chi connectivity index (χ1n) is 7.78. The fourth-order valence-corrected chi connectivity index (χ4v) is 3.53. The van der Waals surface area contributed by atoms with E-state index in [1.807, 2.05) is 20.0 Å². The normalized spacial score (nSPS) is 18.6. The summed E-state index contributed by atoms with van der Waals surface area (Å²) in [5.41, 5.74) is 9.37. The highest BCUT2D eigenvalue weighted by molar-refractivity contribution is 5.35. The molecular formula is C18H23N3. The lowest BCUT2D eigenvalue weighted by molar-refractivity contribution is 0.495. The lowest BCUT2D eigenvalue weighted by atomic mass is 9.78. The monoisotopic (exact) mass is 281 g/mol. The lowest BCUT2D eigenvalue weighted by Gasteiger charge is -2.28. The Kier molecular flexibility index (Phi) is 3.77. The smallest absolute Gasteiger partial charge is 0.139 e. The van der Waals surface area contributed by atoms with Crippen LogP contribution in [0.1, 0.15) is 61.3 Å². The maximum Gasteiger partial charge on any atom is 0.139 e. The average Bonchev–Trinajstić information content (AvgIpc) is 2.98. The van der Waals surface area contributed by atoms with Crippen LogP contribution >= 0.6 is 0 Å². The molecule has 1 fully saturated rings. The van der Waals surface area contributed by atoms with Crippen LogP contribution in [-0.2, 0) is 5.41 Å². The van der Waals surface area contributed by atoms with Gasteiger partial charge in [-0.25, -0.2) is 9.97 Å². The van der Waals surface area contributed by atoms with Gasteiger partial charge in [-0.05, 0) is 32.3 Å². The van der Waals surface area contributed by atoms with Crippen LogP contribution < -0.4 is 5.73 Å². The van der Waals surface area contributed by atoms with Gasteiger partial charge >= 0.3 is 0 Å². The summed E-state index contributed by atoms with van der Waals surface area (Å²) in [6.45, 7) is 4.02. The number of rotatable bonds is 3. The van der Waals surface area contributed by atoms with E-state index >= 15 is 0 Å². The molecule has 0 aliphatic heterocycles. The molecule has 3 nitrogen and oxygen atoms in total. The summed E-state index contributed by atoms with van der Waals surface area (Å²) < 4.78 is 0. The molecule has 3 heteroatoms. The highest BCUT2D eigenvalue weighted by Gasteiger charge is 2.40. The first kappa shape index (κ1) is 14.2. The zero-order valence-electron chi connectivity index (χ0n) is 12.8. The highest BCUT2D eigenvalue weighted by Crippen LogP contribution is 2.45. The Morgan fingerprint density at radius 1 is 1.14 bits per heavy atom. The predicted octanol–water partition coefficient (Wildman–Crippen LogP) is 3.66. The van der Waals surface area contributed by atoms with Gasteiger partial charge in [-0.2, -0.15) is 0 Å². The van der Waals surface area contributed by atoms with Crippen LogP contribution in [0.5, 0.6) is 0 Å². The maximum absolute atomic E-state index is 5.98. The van der Waals surface area contributed by atoms with Crippen molar-refractivity contribution in [2.45, 2.75) is 51.0 Å². The van der Waals surface area contributed by atoms with Crippen molar-refractivity contribution in [3.63, 3.8) is 0 Å². The molecule has 1 atom stereocenters. The molecule has 110 valence electrons. The summed E-state index contributed by atoms with van der Waals surface area (Å²) in [4.78, 5) is 9.53. The minimum atomic E-state index is -0.0182. The van der Waals surface area contributed by atoms with E-state index in [2.05, 4.69) is 30.3 Å². The van der Waals surface area contributed by atoms with E-state index in [-0.39, 0.29) is 11.5 Å². The summed E-state index contributed by atoms with van der Waals surface area (Å²) in [6, 6.07) is 10.7. The van der Waals surface area contributed by atoms with Gasteiger partial charge in [0, 0.05) is 23.5 Å². The largest absolute Gasteiger partial charge is 0.324 e. The Hall–Kier alpha value is -1.74. The molecule has 21 heavy (non-hydrogen) atoms. The van der Waals surface area contributed by atoms with Crippen LogP contribution in [0.4, 0.5) is 0 Å². The van der Waals surface area contributed by atoms with Crippen molar-refractivity contribution < 1.29 is 0 Å². The zero-order valence-corrected chi connectivity index (χ0v) is 12.8. The molecule has 1 aromatic carbocycles. The van der Waals surface area contributed by atoms with Crippen molar-refractivity contribution in [2.24, 2.45) is 5.73 Å². The Morgan fingerprint density at radius 3 is 2.38 bits per heavy atom. The van der Waals surface area contributed by atoms with Crippen LogP contribution in [-0.4, -0.2) is 9.97 Å². The van der Waals surface area contributed by atoms with Crippen LogP contribution in [0.3, 0.4) is 0 Å². The Balaban J connectivity index is 2.09. The minimum absolute atomic E-state index is 0.0115. The molecule has 1 aliphatic rings. The van der Waals surface area contributed by atoms with Crippen molar-refractivity contribution >= 4 is 0 Å². The van der Waals surface area contributed by atoms with Gasteiger partial charge in [0.2, 0.25) is 0 Å². The Labute approximate surface area is 126 Å². The second kappa shape index (κ2) is 5.57. The van der Waals surface area contributed by atoms with Gasteiger partial charge in [0.05, 0.1) is 5.41 Å². The van der Waals surface area contributed by atoms with Gasteiger partial charge in [-0.3, -0.25) is 0 Å². The maximum atomic E-state index is 5.98. The number of hydrogen-bond donors (Lipinski definition) is 1. The van der Waals surface area contributed by atoms with Gasteiger partial charge in [0.1, 0.15) is 5.82 Å². The quantitative estimate of drug-likeness (QED) is 0.934. The predicted molar refractivity (Wildman–Crippen MR) is 85.1 cm³/mol. The molecule has 1 saturated carbocycles. The van der Waals surface area contributed by atoms with E-state index in [0.29, 0.717) is 0 Å². The summed E-state index contributed by atoms with van der Waals surface area (Å²) >= 11 is 0. The Morgan fingerprint density at radius 2 is 1.81 bits per heavy atom. The van der Waals surface area contributed by atoms with E-state index in [9.17, 15) is 0 Å². The summed E-state index contributed by atoms with van der Waals surface area (Å²) in [7, 11) is 0. The average molecular weight is 281 g/mol. The summed E-state index contributed by atoms with van der Waals surface area (Å²) in [5, 5.41) is 0. The standard InChI is InChI=1S/C18H23N3/c1-13(19)16-12-20-17(21-14(16)2)18(10-6-7-11-18)15-8-4-3-5-9-15/h3-5,8-9,12-13H,6-7,10-11,19H2,1-2H3/t13-/m1/s1. The number of aryl methyl sites for hydroxylation is 1. The van der Waals surface area contributed by atoms with Gasteiger partial charge in [0.15, 0.2) is 0 Å². The third kappa shape index (κ3) is 2.46. The van der Waals surface area contributed by atoms with Gasteiger partial charge in [-0.15, -0.1) is 0 Å². The molecule has 1 aliphatic carbocycles. The zero-order chi connectivity index (χ0) is 14.9. The molecule has 0 bridgehead atoms. The van der Waals surface area contributed by atoms with Crippen molar-refractivity contribution in [3.05, 3.63) is 59.2 Å². The number of aromatic nitrogens is 2. The molecule has 1 aromatic heterocycles. The fraction of sp³-hybridized carbons (Fsp3) is 0.444. The first-order valence-corrected chi connectivity index (χ1v) is 7.78. The lowest BCUT2D eigenvalue weighted by Crippen LogP contribution is -2.27. The van der Waals surface area contributed by atoms with E-state index < -0.39 is 0 Å². The van der Waals surface area contributed by atoms with Crippen molar-refractivity contribution in [1.82, 2.24) is 9.97 Å². The molecule has 0 spiro atoms. The van der Waals surface area contributed by atoms with Gasteiger partial charge in [-0.1, -0.05) is 43.2 Å². The number of benzene rings is 1. The topological polar surface area (TPSA) is 51.8 Å². The molecule has 3 rings (SSSR count). The molecule has 0 saturated heterocycles. The van der Waals surface area contributed by atoms with Crippen LogP contribution in [0.25, 0.3) is 0 Å². The van der Waals surface area contributed by atoms with Crippen molar-refractivity contribution in [2.75, 3.05) is 0 Å². The van der Waals surface area contributed by atoms with Crippen LogP contribution in [0.2, 0.25) is 0 Å². The molecule has 1 heterocycles. The molecule has 2 N–H and O–H groups in total. The van der Waals surface area contributed by atoms with E-state index in [1.54, 1.807) is 0 Å². The van der Waals surface area contributed by atoms with E-state index in [4.69, 9.17) is 15.7 Å².